The van der Waals surface area contributed by atoms with Crippen molar-refractivity contribution in [2.75, 3.05) is 23.9 Å². The average Bonchev–Trinajstić information content (AvgIpc) is 3.36. The van der Waals surface area contributed by atoms with Crippen molar-refractivity contribution in [2.24, 2.45) is 11.3 Å². The lowest BCUT2D eigenvalue weighted by Crippen LogP contribution is -2.60. The summed E-state index contributed by atoms with van der Waals surface area (Å²) in [6, 6.07) is 19.4. The lowest BCUT2D eigenvalue weighted by Gasteiger charge is -2.44. The van der Waals surface area contributed by atoms with Crippen molar-refractivity contribution < 1.29 is 18.7 Å². The van der Waals surface area contributed by atoms with Gasteiger partial charge in [-0.2, -0.15) is 11.8 Å². The van der Waals surface area contributed by atoms with Crippen molar-refractivity contribution in [1.29, 1.82) is 0 Å². The molecule has 2 N–H and O–H groups in total. The normalized spacial score (nSPS) is 20.7. The van der Waals surface area contributed by atoms with Crippen molar-refractivity contribution in [1.82, 2.24) is 9.88 Å². The summed E-state index contributed by atoms with van der Waals surface area (Å²) in [7, 11) is 1.62. The maximum Gasteiger partial charge on any atom is 0.250 e. The van der Waals surface area contributed by atoms with Crippen LogP contribution in [0.3, 0.4) is 0 Å². The summed E-state index contributed by atoms with van der Waals surface area (Å²) in [6.07, 6.45) is 3.18. The number of thioether (sulfide) groups is 1. The number of hydrogen-bond acceptors (Lipinski definition) is 5. The van der Waals surface area contributed by atoms with Gasteiger partial charge in [0.1, 0.15) is 17.0 Å². The maximum atomic E-state index is 14.5. The molecule has 2 atom stereocenters. The molecule has 2 aromatic carbocycles. The molecule has 1 aliphatic heterocycles. The van der Waals surface area contributed by atoms with E-state index >= 15 is 0 Å². The Kier molecular flexibility index (Phi) is 7.60. The Morgan fingerprint density at radius 2 is 1.81 bits per heavy atom. The molecule has 2 fully saturated rings. The number of benzene rings is 2. The fourth-order valence-corrected chi connectivity index (χ4v) is 8.15. The molecule has 42 heavy (non-hydrogen) atoms. The summed E-state index contributed by atoms with van der Waals surface area (Å²) in [5.41, 5.74) is 3.28. The van der Waals surface area contributed by atoms with Gasteiger partial charge in [-0.05, 0) is 96.5 Å². The Labute approximate surface area is 251 Å². The van der Waals surface area contributed by atoms with E-state index in [2.05, 4.69) is 49.3 Å². The number of amides is 2. The van der Waals surface area contributed by atoms with Crippen LogP contribution >= 0.6 is 11.8 Å². The molecule has 6 rings (SSSR count). The molecule has 7 nitrogen and oxygen atoms in total. The highest BCUT2D eigenvalue weighted by Crippen LogP contribution is 2.67. The Bertz CT molecular complexity index is 1570. The number of fused-ring (bicyclic) bond motifs is 1. The van der Waals surface area contributed by atoms with E-state index in [9.17, 15) is 9.59 Å². The van der Waals surface area contributed by atoms with E-state index in [4.69, 9.17) is 9.15 Å². The third kappa shape index (κ3) is 5.10. The van der Waals surface area contributed by atoms with Crippen molar-refractivity contribution in [3.8, 4) is 5.75 Å². The van der Waals surface area contributed by atoms with Gasteiger partial charge in [0.15, 0.2) is 0 Å². The highest BCUT2D eigenvalue weighted by atomic mass is 32.2. The highest BCUT2D eigenvalue weighted by molar-refractivity contribution is 7.99. The Balaban J connectivity index is 1.31. The standard InChI is InChI=1S/C34H39N3O4S/c1-22-30(26-9-5-6-10-28(26)35-22)31-27(33(31,2)3)20-29(38)37(21-25-8-7-17-41-25)34(15-18-42-19-16-34)32(39)36-23-11-13-24(40-4)14-12-23/h5-14,17,27,31,35H,15-16,18-21H2,1-4H3,(H,36,39)/t27-,31-/m0/s1. The van der Waals surface area contributed by atoms with Crippen LogP contribution in [-0.4, -0.2) is 45.9 Å². The van der Waals surface area contributed by atoms with Crippen LogP contribution < -0.4 is 10.1 Å². The minimum atomic E-state index is -0.972. The van der Waals surface area contributed by atoms with Crippen LogP contribution in [0.1, 0.15) is 56.0 Å². The SMILES string of the molecule is COc1ccc(NC(=O)C2(N(Cc3ccco3)C(=O)C[C@H]3[C@@H](c4c(C)[nH]c5ccccc45)C3(C)C)CCSCC2)cc1. The fourth-order valence-electron chi connectivity index (χ4n) is 6.98. The van der Waals surface area contributed by atoms with Gasteiger partial charge < -0.3 is 24.4 Å². The number of furan rings is 1. The molecule has 0 radical (unpaired) electrons. The summed E-state index contributed by atoms with van der Waals surface area (Å²) in [4.78, 5) is 34.1. The first-order valence-corrected chi connectivity index (χ1v) is 15.8. The molecule has 2 amide bonds. The second kappa shape index (κ2) is 11.2. The van der Waals surface area contributed by atoms with Crippen LogP contribution in [0.2, 0.25) is 0 Å². The smallest absolute Gasteiger partial charge is 0.250 e. The Morgan fingerprint density at radius 3 is 2.50 bits per heavy atom. The van der Waals surface area contributed by atoms with E-state index in [1.165, 1.54) is 10.9 Å². The van der Waals surface area contributed by atoms with Gasteiger partial charge in [0.25, 0.3) is 0 Å². The quantitative estimate of drug-likeness (QED) is 0.218. The molecule has 220 valence electrons. The van der Waals surface area contributed by atoms with E-state index in [0.717, 1.165) is 28.5 Å². The molecule has 4 aromatic rings. The predicted molar refractivity (Wildman–Crippen MR) is 168 cm³/mol. The zero-order valence-corrected chi connectivity index (χ0v) is 25.6. The average molecular weight is 586 g/mol. The van der Waals surface area contributed by atoms with E-state index in [0.29, 0.717) is 30.7 Å². The van der Waals surface area contributed by atoms with Gasteiger partial charge in [0.05, 0.1) is 19.9 Å². The second-order valence-corrected chi connectivity index (χ2v) is 13.4. The van der Waals surface area contributed by atoms with Gasteiger partial charge in [-0.25, -0.2) is 0 Å². The maximum absolute atomic E-state index is 14.5. The summed E-state index contributed by atoms with van der Waals surface area (Å²) < 4.78 is 11.0. The number of carbonyl (C=O) groups is 2. The lowest BCUT2D eigenvalue weighted by molar-refractivity contribution is -0.148. The summed E-state index contributed by atoms with van der Waals surface area (Å²) in [5.74, 6) is 3.30. The molecular formula is C34H39N3O4S. The van der Waals surface area contributed by atoms with Gasteiger partial charge in [-0.1, -0.05) is 32.0 Å². The number of carbonyl (C=O) groups excluding carboxylic acids is 2. The number of methoxy groups -OCH3 is 1. The highest BCUT2D eigenvalue weighted by Gasteiger charge is 2.60. The monoisotopic (exact) mass is 585 g/mol. The van der Waals surface area contributed by atoms with Crippen molar-refractivity contribution in [3.05, 3.63) is 83.9 Å². The van der Waals surface area contributed by atoms with Gasteiger partial charge in [-0.3, -0.25) is 9.59 Å². The first-order chi connectivity index (χ1) is 20.2. The minimum Gasteiger partial charge on any atom is -0.497 e. The van der Waals surface area contributed by atoms with Crippen LogP contribution in [0, 0.1) is 18.3 Å². The lowest BCUT2D eigenvalue weighted by atomic mass is 9.87. The fraction of sp³-hybridized carbons (Fsp3) is 0.412. The zero-order valence-electron chi connectivity index (χ0n) is 24.7. The Morgan fingerprint density at radius 1 is 1.07 bits per heavy atom. The molecule has 1 aliphatic carbocycles. The Hall–Kier alpha value is -3.65. The molecule has 1 saturated heterocycles. The largest absolute Gasteiger partial charge is 0.497 e. The zero-order chi connectivity index (χ0) is 29.5. The number of aromatic nitrogens is 1. The number of nitrogens with one attached hydrogen (secondary N) is 2. The third-order valence-corrected chi connectivity index (χ3v) is 10.5. The molecule has 1 saturated carbocycles. The summed E-state index contributed by atoms with van der Waals surface area (Å²) >= 11 is 1.83. The van der Waals surface area contributed by atoms with Crippen LogP contribution in [0.15, 0.2) is 71.3 Å². The van der Waals surface area contributed by atoms with E-state index in [1.807, 2.05) is 59.1 Å². The van der Waals surface area contributed by atoms with Crippen molar-refractivity contribution in [2.45, 2.75) is 58.0 Å². The number of anilines is 1. The van der Waals surface area contributed by atoms with E-state index in [-0.39, 0.29) is 35.6 Å². The van der Waals surface area contributed by atoms with Gasteiger partial charge in [-0.15, -0.1) is 0 Å². The minimum absolute atomic E-state index is 0.00116. The number of ether oxygens (including phenoxy) is 1. The van der Waals surface area contributed by atoms with E-state index in [1.54, 1.807) is 13.4 Å². The molecule has 2 aliphatic rings. The van der Waals surface area contributed by atoms with Gasteiger partial charge in [0, 0.05) is 28.7 Å². The molecule has 0 unspecified atom stereocenters. The summed E-state index contributed by atoms with van der Waals surface area (Å²) in [6.45, 7) is 6.91. The first kappa shape index (κ1) is 28.5. The van der Waals surface area contributed by atoms with E-state index < -0.39 is 5.54 Å². The number of hydrogen-bond donors (Lipinski definition) is 2. The van der Waals surface area contributed by atoms with Crippen LogP contribution in [-0.2, 0) is 16.1 Å². The molecular weight excluding hydrogens is 546 g/mol. The molecule has 0 bridgehead atoms. The molecule has 8 heteroatoms. The number of aromatic amines is 1. The van der Waals surface area contributed by atoms with Crippen molar-refractivity contribution >= 4 is 40.2 Å². The first-order valence-electron chi connectivity index (χ1n) is 14.7. The van der Waals surface area contributed by atoms with Crippen LogP contribution in [0.5, 0.6) is 5.75 Å². The van der Waals surface area contributed by atoms with Crippen LogP contribution in [0.25, 0.3) is 10.9 Å². The summed E-state index contributed by atoms with van der Waals surface area (Å²) in [5, 5.41) is 4.36. The number of H-pyrrole nitrogens is 1. The predicted octanol–water partition coefficient (Wildman–Crippen LogP) is 7.14. The number of nitrogens with zero attached hydrogens (tertiary/aromatic N) is 1. The second-order valence-electron chi connectivity index (χ2n) is 12.2. The number of aryl methyl sites for hydroxylation is 1. The molecule has 0 spiro atoms. The van der Waals surface area contributed by atoms with Gasteiger partial charge in [0.2, 0.25) is 11.8 Å². The molecule has 3 heterocycles. The topological polar surface area (TPSA) is 87.6 Å². The van der Waals surface area contributed by atoms with Crippen molar-refractivity contribution in [3.63, 3.8) is 0 Å². The number of para-hydroxylation sites is 1. The number of rotatable bonds is 9. The van der Waals surface area contributed by atoms with Gasteiger partial charge >= 0.3 is 0 Å². The third-order valence-electron chi connectivity index (χ3n) is 9.50. The van der Waals surface area contributed by atoms with Crippen LogP contribution in [0.4, 0.5) is 5.69 Å². The molecule has 2 aromatic heterocycles.